The molecule has 1 amide bonds. The van der Waals surface area contributed by atoms with E-state index < -0.39 is 17.8 Å². The van der Waals surface area contributed by atoms with E-state index in [9.17, 15) is 15.0 Å². The lowest BCUT2D eigenvalue weighted by molar-refractivity contribution is -0.117. The maximum Gasteiger partial charge on any atom is 0.243 e. The summed E-state index contributed by atoms with van der Waals surface area (Å²) >= 11 is 0. The van der Waals surface area contributed by atoms with E-state index in [1.54, 1.807) is 32.9 Å². The van der Waals surface area contributed by atoms with Crippen LogP contribution in [-0.4, -0.2) is 45.6 Å². The Morgan fingerprint density at radius 1 is 1.14 bits per heavy atom. The van der Waals surface area contributed by atoms with E-state index in [0.717, 1.165) is 0 Å². The third-order valence-corrected chi connectivity index (χ3v) is 2.38. The van der Waals surface area contributed by atoms with Gasteiger partial charge < -0.3 is 20.6 Å². The molecule has 0 fully saturated rings. The third-order valence-electron chi connectivity index (χ3n) is 2.38. The van der Waals surface area contributed by atoms with Crippen molar-refractivity contribution in [2.45, 2.75) is 51.4 Å². The molecule has 21 heavy (non-hydrogen) atoms. The van der Waals surface area contributed by atoms with Crippen molar-refractivity contribution < 1.29 is 20.1 Å². The van der Waals surface area contributed by atoms with Crippen LogP contribution in [0, 0.1) is 0 Å². The molecule has 5 nitrogen and oxygen atoms in total. The molecule has 2 atom stereocenters. The van der Waals surface area contributed by atoms with Crippen molar-refractivity contribution in [1.82, 2.24) is 5.32 Å². The number of amides is 1. The molecule has 0 radical (unpaired) electrons. The lowest BCUT2D eigenvalue weighted by atomic mass is 10.1. The maximum atomic E-state index is 11.4. The summed E-state index contributed by atoms with van der Waals surface area (Å²) in [5, 5.41) is 30.5. The first kappa shape index (κ1) is 19.6. The highest BCUT2D eigenvalue weighted by molar-refractivity contribution is 5.87. The van der Waals surface area contributed by atoms with Crippen molar-refractivity contribution in [3.63, 3.8) is 0 Å². The molecular formula is C16H27NO4. The van der Waals surface area contributed by atoms with Gasteiger partial charge in [0.05, 0.1) is 17.8 Å². The molecule has 0 unspecified atom stereocenters. The Morgan fingerprint density at radius 3 is 2.33 bits per heavy atom. The summed E-state index contributed by atoms with van der Waals surface area (Å²) in [7, 11) is 0. The number of rotatable bonds is 9. The van der Waals surface area contributed by atoms with Crippen molar-refractivity contribution >= 4 is 5.91 Å². The fourth-order valence-electron chi connectivity index (χ4n) is 1.32. The number of aliphatic hydroxyl groups is 3. The zero-order valence-electron chi connectivity index (χ0n) is 13.0. The first-order chi connectivity index (χ1) is 9.70. The summed E-state index contributed by atoms with van der Waals surface area (Å²) in [6.07, 6.45) is 9.75. The molecule has 0 aromatic rings. The number of hydrogen-bond donors (Lipinski definition) is 4. The zero-order valence-corrected chi connectivity index (χ0v) is 13.0. The van der Waals surface area contributed by atoms with Crippen LogP contribution in [0.3, 0.4) is 0 Å². The smallest absolute Gasteiger partial charge is 0.243 e. The van der Waals surface area contributed by atoms with E-state index >= 15 is 0 Å². The van der Waals surface area contributed by atoms with Crippen LogP contribution < -0.4 is 5.32 Å². The van der Waals surface area contributed by atoms with Crippen LogP contribution in [0.1, 0.15) is 33.6 Å². The zero-order chi connectivity index (χ0) is 16.3. The van der Waals surface area contributed by atoms with Gasteiger partial charge >= 0.3 is 0 Å². The number of allylic oxidation sites excluding steroid dienone is 2. The average Bonchev–Trinajstić information content (AvgIpc) is 2.37. The van der Waals surface area contributed by atoms with Gasteiger partial charge in [-0.15, -0.1) is 0 Å². The first-order valence-corrected chi connectivity index (χ1v) is 7.08. The van der Waals surface area contributed by atoms with Gasteiger partial charge in [-0.05, 0) is 39.7 Å². The molecule has 0 aromatic carbocycles. The second-order valence-electron chi connectivity index (χ2n) is 5.55. The van der Waals surface area contributed by atoms with Gasteiger partial charge in [0.1, 0.15) is 0 Å². The van der Waals surface area contributed by atoms with E-state index in [2.05, 4.69) is 5.32 Å². The third kappa shape index (κ3) is 14.8. The molecule has 5 heteroatoms. The molecule has 120 valence electrons. The molecule has 0 saturated carbocycles. The van der Waals surface area contributed by atoms with Crippen LogP contribution in [0.2, 0.25) is 0 Å². The summed E-state index contributed by atoms with van der Waals surface area (Å²) in [5.74, 6) is -0.235. The maximum absolute atomic E-state index is 11.4. The lowest BCUT2D eigenvalue weighted by Gasteiger charge is -2.16. The highest BCUT2D eigenvalue weighted by atomic mass is 16.3. The van der Waals surface area contributed by atoms with Crippen LogP contribution in [0.4, 0.5) is 0 Å². The van der Waals surface area contributed by atoms with Crippen LogP contribution in [0.5, 0.6) is 0 Å². The Labute approximate surface area is 126 Å². The van der Waals surface area contributed by atoms with Crippen LogP contribution in [-0.2, 0) is 4.79 Å². The molecule has 0 aromatic heterocycles. The van der Waals surface area contributed by atoms with Gasteiger partial charge in [0.25, 0.3) is 0 Å². The van der Waals surface area contributed by atoms with Crippen LogP contribution >= 0.6 is 0 Å². The van der Waals surface area contributed by atoms with Gasteiger partial charge in [0.15, 0.2) is 0 Å². The van der Waals surface area contributed by atoms with Crippen LogP contribution in [0.25, 0.3) is 0 Å². The Morgan fingerprint density at radius 2 is 1.76 bits per heavy atom. The van der Waals surface area contributed by atoms with Crippen molar-refractivity contribution in [3.8, 4) is 0 Å². The quantitative estimate of drug-likeness (QED) is 0.291. The summed E-state index contributed by atoms with van der Waals surface area (Å²) in [4.78, 5) is 11.4. The SMILES string of the molecule is C[C@H](O)/C=C\[C@H](O)/C=C\CC/C=C/C(=O)NCC(C)(C)O. The Balaban J connectivity index is 3.84. The number of nitrogens with one attached hydrogen (secondary N) is 1. The number of hydrogen-bond acceptors (Lipinski definition) is 4. The van der Waals surface area contributed by atoms with Gasteiger partial charge in [-0.1, -0.05) is 30.4 Å². The molecular weight excluding hydrogens is 270 g/mol. The minimum Gasteiger partial charge on any atom is -0.389 e. The van der Waals surface area contributed by atoms with Crippen molar-refractivity contribution in [3.05, 3.63) is 36.5 Å². The first-order valence-electron chi connectivity index (χ1n) is 7.08. The second-order valence-corrected chi connectivity index (χ2v) is 5.55. The number of carbonyl (C=O) groups excluding carboxylic acids is 1. The van der Waals surface area contributed by atoms with E-state index in [1.807, 2.05) is 6.08 Å². The molecule has 0 aliphatic rings. The van der Waals surface area contributed by atoms with Gasteiger partial charge in [0.2, 0.25) is 5.91 Å². The molecule has 4 N–H and O–H groups in total. The highest BCUT2D eigenvalue weighted by Crippen LogP contribution is 1.99. The normalized spacial score (nSPS) is 15.9. The predicted octanol–water partition coefficient (Wildman–Crippen LogP) is 1.06. The summed E-state index contributed by atoms with van der Waals surface area (Å²) < 4.78 is 0. The van der Waals surface area contributed by atoms with Crippen LogP contribution in [0.15, 0.2) is 36.5 Å². The van der Waals surface area contributed by atoms with Crippen molar-refractivity contribution in [2.75, 3.05) is 6.54 Å². The summed E-state index contributed by atoms with van der Waals surface area (Å²) in [6, 6.07) is 0. The van der Waals surface area contributed by atoms with Gasteiger partial charge in [0, 0.05) is 6.54 Å². The standard InChI is InChI=1S/C16H27NO4/c1-13(18)10-11-14(19)8-6-4-5-7-9-15(20)17-12-16(2,3)21/h6-11,13-14,18-19,21H,4-5,12H2,1-3H3,(H,17,20)/b8-6-,9-7+,11-10-/t13-,14+/m0/s1. The highest BCUT2D eigenvalue weighted by Gasteiger charge is 2.12. The molecule has 0 aliphatic heterocycles. The van der Waals surface area contributed by atoms with E-state index in [4.69, 9.17) is 5.11 Å². The molecule has 0 bridgehead atoms. The van der Waals surface area contributed by atoms with Gasteiger partial charge in [-0.25, -0.2) is 0 Å². The van der Waals surface area contributed by atoms with Gasteiger partial charge in [-0.2, -0.15) is 0 Å². The molecule has 0 rings (SSSR count). The Hall–Kier alpha value is -1.43. The lowest BCUT2D eigenvalue weighted by Crippen LogP contribution is -2.37. The van der Waals surface area contributed by atoms with Crippen molar-refractivity contribution in [1.29, 1.82) is 0 Å². The number of unbranched alkanes of at least 4 members (excludes halogenated alkanes) is 1. The monoisotopic (exact) mass is 297 g/mol. The number of aliphatic hydroxyl groups excluding tert-OH is 2. The van der Waals surface area contributed by atoms with Crippen molar-refractivity contribution in [2.24, 2.45) is 0 Å². The minimum atomic E-state index is -0.915. The Kier molecular flexibility index (Phi) is 9.62. The minimum absolute atomic E-state index is 0.206. The topological polar surface area (TPSA) is 89.8 Å². The molecule has 0 spiro atoms. The van der Waals surface area contributed by atoms with Gasteiger partial charge in [-0.3, -0.25) is 4.79 Å². The molecule has 0 aliphatic carbocycles. The van der Waals surface area contributed by atoms with E-state index in [1.165, 1.54) is 18.2 Å². The van der Waals surface area contributed by atoms with E-state index in [-0.39, 0.29) is 12.5 Å². The molecule has 0 heterocycles. The van der Waals surface area contributed by atoms with E-state index in [0.29, 0.717) is 12.8 Å². The largest absolute Gasteiger partial charge is 0.389 e. The fourth-order valence-corrected chi connectivity index (χ4v) is 1.32. The second kappa shape index (κ2) is 10.3. The fraction of sp³-hybridized carbons (Fsp3) is 0.562. The average molecular weight is 297 g/mol. The summed E-state index contributed by atoms with van der Waals surface area (Å²) in [6.45, 7) is 5.07. The summed E-state index contributed by atoms with van der Waals surface area (Å²) in [5.41, 5.74) is -0.915. The number of carbonyl (C=O) groups is 1. The predicted molar refractivity (Wildman–Crippen MR) is 83.6 cm³/mol. The Bertz CT molecular complexity index is 378. The molecule has 0 saturated heterocycles.